The number of hydrogen-bond acceptors (Lipinski definition) is 4. The van der Waals surface area contributed by atoms with Gasteiger partial charge in [-0.05, 0) is 12.1 Å². The second kappa shape index (κ2) is 5.71. The predicted molar refractivity (Wildman–Crippen MR) is 73.2 cm³/mol. The molecule has 2 N–H and O–H groups in total. The summed E-state index contributed by atoms with van der Waals surface area (Å²) in [4.78, 5) is 24.9. The van der Waals surface area contributed by atoms with Crippen LogP contribution in [0, 0.1) is 0 Å². The fourth-order valence-electron chi connectivity index (χ4n) is 1.65. The number of carbonyl (C=O) groups is 1. The lowest BCUT2D eigenvalue weighted by Gasteiger charge is -2.16. The minimum absolute atomic E-state index is 0.141. The Kier molecular flexibility index (Phi) is 4.01. The Bertz CT molecular complexity index is 570. The number of anilines is 1. The molecule has 100 valence electrons. The average molecular weight is 280 g/mol. The minimum atomic E-state index is -0.141. The third-order valence-electron chi connectivity index (χ3n) is 2.59. The van der Waals surface area contributed by atoms with E-state index < -0.39 is 0 Å². The fourth-order valence-corrected chi connectivity index (χ4v) is 1.86. The summed E-state index contributed by atoms with van der Waals surface area (Å²) >= 11 is 5.88. The third-order valence-corrected chi connectivity index (χ3v) is 2.78. The van der Waals surface area contributed by atoms with Gasteiger partial charge in [-0.3, -0.25) is 4.79 Å². The highest BCUT2D eigenvalue weighted by Gasteiger charge is 2.14. The second-order valence-corrected chi connectivity index (χ2v) is 4.40. The molecule has 2 aromatic rings. The molecule has 7 heteroatoms. The summed E-state index contributed by atoms with van der Waals surface area (Å²) in [5, 5.41) is 3.14. The number of amides is 1. The average Bonchev–Trinajstić information content (AvgIpc) is 2.89. The number of nitrogens with zero attached hydrogens (tertiary/aromatic N) is 3. The van der Waals surface area contributed by atoms with Crippen molar-refractivity contribution in [3.05, 3.63) is 41.1 Å². The zero-order valence-corrected chi connectivity index (χ0v) is 11.4. The SMILES string of the molecule is CNc1cc(C(=O)N(C)Cc2ncc[nH]2)cc(Cl)n1. The van der Waals surface area contributed by atoms with Crippen LogP contribution in [0.4, 0.5) is 5.82 Å². The molecule has 0 aromatic carbocycles. The molecule has 2 rings (SSSR count). The van der Waals surface area contributed by atoms with Crippen molar-refractivity contribution in [3.8, 4) is 0 Å². The number of rotatable bonds is 4. The number of hydrogen-bond donors (Lipinski definition) is 2. The highest BCUT2D eigenvalue weighted by Crippen LogP contribution is 2.16. The van der Waals surface area contributed by atoms with E-state index in [9.17, 15) is 4.79 Å². The first-order valence-electron chi connectivity index (χ1n) is 5.69. The molecular weight excluding hydrogens is 266 g/mol. The van der Waals surface area contributed by atoms with E-state index in [1.54, 1.807) is 43.5 Å². The molecule has 0 aliphatic rings. The number of aromatic amines is 1. The maximum atomic E-state index is 12.3. The topological polar surface area (TPSA) is 73.9 Å². The molecule has 0 spiro atoms. The van der Waals surface area contributed by atoms with Crippen LogP contribution in [-0.2, 0) is 6.54 Å². The van der Waals surface area contributed by atoms with E-state index in [-0.39, 0.29) is 11.1 Å². The smallest absolute Gasteiger partial charge is 0.254 e. The van der Waals surface area contributed by atoms with Crippen LogP contribution >= 0.6 is 11.6 Å². The van der Waals surface area contributed by atoms with E-state index in [0.717, 1.165) is 5.82 Å². The van der Waals surface area contributed by atoms with Crippen molar-refractivity contribution in [2.45, 2.75) is 6.54 Å². The number of H-pyrrole nitrogens is 1. The molecule has 19 heavy (non-hydrogen) atoms. The maximum absolute atomic E-state index is 12.3. The monoisotopic (exact) mass is 279 g/mol. The highest BCUT2D eigenvalue weighted by atomic mass is 35.5. The van der Waals surface area contributed by atoms with Gasteiger partial charge < -0.3 is 15.2 Å². The van der Waals surface area contributed by atoms with Gasteiger partial charge in [0.2, 0.25) is 0 Å². The zero-order valence-electron chi connectivity index (χ0n) is 10.6. The molecule has 0 saturated carbocycles. The summed E-state index contributed by atoms with van der Waals surface area (Å²) in [5.74, 6) is 1.14. The first-order valence-corrected chi connectivity index (χ1v) is 6.07. The van der Waals surface area contributed by atoms with Gasteiger partial charge in [0.15, 0.2) is 0 Å². The van der Waals surface area contributed by atoms with Crippen LogP contribution in [-0.4, -0.2) is 39.9 Å². The molecule has 0 fully saturated rings. The van der Waals surface area contributed by atoms with Gasteiger partial charge in [-0.2, -0.15) is 0 Å². The Balaban J connectivity index is 2.16. The molecule has 0 saturated heterocycles. The normalized spacial score (nSPS) is 10.3. The summed E-state index contributed by atoms with van der Waals surface area (Å²) in [6, 6.07) is 3.20. The van der Waals surface area contributed by atoms with Crippen molar-refractivity contribution in [2.24, 2.45) is 0 Å². The van der Waals surface area contributed by atoms with Gasteiger partial charge >= 0.3 is 0 Å². The van der Waals surface area contributed by atoms with Crippen molar-refractivity contribution in [1.29, 1.82) is 0 Å². The van der Waals surface area contributed by atoms with Crippen molar-refractivity contribution in [3.63, 3.8) is 0 Å². The maximum Gasteiger partial charge on any atom is 0.254 e. The van der Waals surface area contributed by atoms with Crippen molar-refractivity contribution in [1.82, 2.24) is 19.9 Å². The standard InChI is InChI=1S/C12H14ClN5O/c1-14-10-6-8(5-9(13)17-10)12(19)18(2)7-11-15-3-4-16-11/h3-6H,7H2,1-2H3,(H,14,17)(H,15,16). The van der Waals surface area contributed by atoms with E-state index in [4.69, 9.17) is 11.6 Å². The predicted octanol–water partition coefficient (Wildman–Crippen LogP) is 1.77. The Labute approximate surface area is 115 Å². The lowest BCUT2D eigenvalue weighted by molar-refractivity contribution is 0.0782. The van der Waals surface area contributed by atoms with Gasteiger partial charge in [0, 0.05) is 32.1 Å². The van der Waals surface area contributed by atoms with Crippen LogP contribution in [0.5, 0.6) is 0 Å². The quantitative estimate of drug-likeness (QED) is 0.837. The van der Waals surface area contributed by atoms with Crippen molar-refractivity contribution >= 4 is 23.3 Å². The van der Waals surface area contributed by atoms with E-state index in [1.807, 2.05) is 0 Å². The van der Waals surface area contributed by atoms with Gasteiger partial charge in [0.1, 0.15) is 16.8 Å². The van der Waals surface area contributed by atoms with Crippen LogP contribution in [0.25, 0.3) is 0 Å². The first kappa shape index (κ1) is 13.4. The van der Waals surface area contributed by atoms with Crippen molar-refractivity contribution < 1.29 is 4.79 Å². The van der Waals surface area contributed by atoms with Gasteiger partial charge in [-0.1, -0.05) is 11.6 Å². The van der Waals surface area contributed by atoms with Crippen LogP contribution < -0.4 is 5.32 Å². The van der Waals surface area contributed by atoms with Gasteiger partial charge in [0.05, 0.1) is 6.54 Å². The second-order valence-electron chi connectivity index (χ2n) is 4.01. The minimum Gasteiger partial charge on any atom is -0.373 e. The molecule has 6 nitrogen and oxygen atoms in total. The molecular formula is C12H14ClN5O. The van der Waals surface area contributed by atoms with Crippen LogP contribution in [0.15, 0.2) is 24.5 Å². The Morgan fingerprint density at radius 2 is 2.32 bits per heavy atom. The van der Waals surface area contributed by atoms with Crippen molar-refractivity contribution in [2.75, 3.05) is 19.4 Å². The Morgan fingerprint density at radius 1 is 1.53 bits per heavy atom. The first-order chi connectivity index (χ1) is 9.10. The third kappa shape index (κ3) is 3.23. The number of imidazole rings is 1. The molecule has 0 aliphatic heterocycles. The van der Waals surface area contributed by atoms with Crippen LogP contribution in [0.3, 0.4) is 0 Å². The van der Waals surface area contributed by atoms with Gasteiger partial charge in [-0.25, -0.2) is 9.97 Å². The molecule has 1 amide bonds. The van der Waals surface area contributed by atoms with E-state index in [0.29, 0.717) is 17.9 Å². The van der Waals surface area contributed by atoms with Gasteiger partial charge in [0.25, 0.3) is 5.91 Å². The summed E-state index contributed by atoms with van der Waals surface area (Å²) < 4.78 is 0. The van der Waals surface area contributed by atoms with Gasteiger partial charge in [-0.15, -0.1) is 0 Å². The molecule has 2 aromatic heterocycles. The molecule has 2 heterocycles. The zero-order chi connectivity index (χ0) is 13.8. The molecule has 0 bridgehead atoms. The molecule has 0 radical (unpaired) electrons. The summed E-state index contributed by atoms with van der Waals surface area (Å²) in [5.41, 5.74) is 0.485. The van der Waals surface area contributed by atoms with E-state index in [2.05, 4.69) is 20.3 Å². The molecule has 0 atom stereocenters. The fraction of sp³-hybridized carbons (Fsp3) is 0.250. The Morgan fingerprint density at radius 3 is 2.95 bits per heavy atom. The lowest BCUT2D eigenvalue weighted by atomic mass is 10.2. The number of aromatic nitrogens is 3. The summed E-state index contributed by atoms with van der Waals surface area (Å²) in [6.07, 6.45) is 3.37. The lowest BCUT2D eigenvalue weighted by Crippen LogP contribution is -2.26. The van der Waals surface area contributed by atoms with Crippen LogP contribution in [0.1, 0.15) is 16.2 Å². The largest absolute Gasteiger partial charge is 0.373 e. The van der Waals surface area contributed by atoms with E-state index in [1.165, 1.54) is 0 Å². The van der Waals surface area contributed by atoms with E-state index >= 15 is 0 Å². The van der Waals surface area contributed by atoms with Crippen LogP contribution in [0.2, 0.25) is 5.15 Å². The Hall–Kier alpha value is -2.08. The number of halogens is 1. The highest BCUT2D eigenvalue weighted by molar-refractivity contribution is 6.29. The number of carbonyl (C=O) groups excluding carboxylic acids is 1. The molecule has 0 unspecified atom stereocenters. The molecule has 0 aliphatic carbocycles. The number of nitrogens with one attached hydrogen (secondary N) is 2. The number of pyridine rings is 1. The summed E-state index contributed by atoms with van der Waals surface area (Å²) in [6.45, 7) is 0.403. The summed E-state index contributed by atoms with van der Waals surface area (Å²) in [7, 11) is 3.43.